The van der Waals surface area contributed by atoms with Crippen molar-refractivity contribution in [1.82, 2.24) is 10.6 Å². The highest BCUT2D eigenvalue weighted by molar-refractivity contribution is 5.79. The number of rotatable bonds is 5. The number of aryl methyl sites for hydroxylation is 1. The normalized spacial score (nSPS) is 18.1. The fraction of sp³-hybridized carbons (Fsp3) is 0.556. The van der Waals surface area contributed by atoms with Gasteiger partial charge in [-0.2, -0.15) is 0 Å². The van der Waals surface area contributed by atoms with Gasteiger partial charge in [0.05, 0.1) is 0 Å². The molecule has 1 unspecified atom stereocenters. The zero-order valence-electron chi connectivity index (χ0n) is 13.7. The number of amides is 2. The van der Waals surface area contributed by atoms with Gasteiger partial charge >= 0.3 is 0 Å². The third-order valence-corrected chi connectivity index (χ3v) is 4.09. The standard InChI is InChI=1S/C18H26N2O2/c1-18(2,3)14-7-4-13(5-8-14)6-10-16(21)19-12-15-9-11-17(22)20-15/h4-5,7-8,15H,6,9-12H2,1-3H3,(H,19,21)(H,20,22). The van der Waals surface area contributed by atoms with E-state index in [-0.39, 0.29) is 23.3 Å². The van der Waals surface area contributed by atoms with Gasteiger partial charge in [0.1, 0.15) is 0 Å². The van der Waals surface area contributed by atoms with Gasteiger partial charge in [0.25, 0.3) is 0 Å². The lowest BCUT2D eigenvalue weighted by atomic mass is 9.86. The van der Waals surface area contributed by atoms with Crippen LogP contribution in [0.4, 0.5) is 0 Å². The van der Waals surface area contributed by atoms with E-state index in [1.54, 1.807) is 0 Å². The fourth-order valence-electron chi connectivity index (χ4n) is 2.59. The smallest absolute Gasteiger partial charge is 0.220 e. The van der Waals surface area contributed by atoms with Crippen molar-refractivity contribution in [2.24, 2.45) is 0 Å². The summed E-state index contributed by atoms with van der Waals surface area (Å²) in [7, 11) is 0. The SMILES string of the molecule is CC(C)(C)c1ccc(CCC(=O)NCC2CCC(=O)N2)cc1. The molecule has 0 radical (unpaired) electrons. The second-order valence-corrected chi connectivity index (χ2v) is 7.05. The van der Waals surface area contributed by atoms with Gasteiger partial charge in [0, 0.05) is 25.4 Å². The van der Waals surface area contributed by atoms with Crippen LogP contribution in [0.25, 0.3) is 0 Å². The molecule has 0 saturated carbocycles. The Morgan fingerprint density at radius 2 is 1.95 bits per heavy atom. The lowest BCUT2D eigenvalue weighted by molar-refractivity contribution is -0.122. The maximum absolute atomic E-state index is 11.9. The van der Waals surface area contributed by atoms with E-state index in [9.17, 15) is 9.59 Å². The summed E-state index contributed by atoms with van der Waals surface area (Å²) in [5, 5.41) is 5.75. The summed E-state index contributed by atoms with van der Waals surface area (Å²) in [5.74, 6) is 0.124. The largest absolute Gasteiger partial charge is 0.354 e. The Balaban J connectivity index is 1.73. The molecule has 1 aliphatic heterocycles. The Kier molecular flexibility index (Phi) is 5.22. The average molecular weight is 302 g/mol. The van der Waals surface area contributed by atoms with Crippen LogP contribution in [0.5, 0.6) is 0 Å². The van der Waals surface area contributed by atoms with Crippen molar-refractivity contribution in [2.45, 2.75) is 57.9 Å². The third-order valence-electron chi connectivity index (χ3n) is 4.09. The highest BCUT2D eigenvalue weighted by atomic mass is 16.2. The summed E-state index contributed by atoms with van der Waals surface area (Å²) in [6.07, 6.45) is 2.61. The second-order valence-electron chi connectivity index (χ2n) is 7.05. The number of carbonyl (C=O) groups is 2. The summed E-state index contributed by atoms with van der Waals surface area (Å²) in [4.78, 5) is 22.9. The van der Waals surface area contributed by atoms with Crippen molar-refractivity contribution in [3.8, 4) is 0 Å². The van der Waals surface area contributed by atoms with Crippen LogP contribution in [-0.4, -0.2) is 24.4 Å². The first kappa shape index (κ1) is 16.5. The Morgan fingerprint density at radius 1 is 1.27 bits per heavy atom. The average Bonchev–Trinajstić information content (AvgIpc) is 2.88. The molecular formula is C18H26N2O2. The molecule has 1 fully saturated rings. The van der Waals surface area contributed by atoms with E-state index in [1.165, 1.54) is 11.1 Å². The first-order valence-corrected chi connectivity index (χ1v) is 8.00. The molecule has 120 valence electrons. The van der Waals surface area contributed by atoms with Gasteiger partial charge in [-0.25, -0.2) is 0 Å². The number of hydrogen-bond donors (Lipinski definition) is 2. The lowest BCUT2D eigenvalue weighted by Crippen LogP contribution is -2.38. The van der Waals surface area contributed by atoms with Crippen molar-refractivity contribution >= 4 is 11.8 Å². The molecule has 22 heavy (non-hydrogen) atoms. The van der Waals surface area contributed by atoms with Gasteiger partial charge < -0.3 is 10.6 Å². The molecule has 0 bridgehead atoms. The molecule has 4 nitrogen and oxygen atoms in total. The molecule has 0 aromatic heterocycles. The maximum Gasteiger partial charge on any atom is 0.220 e. The predicted octanol–water partition coefficient (Wildman–Crippen LogP) is 2.31. The van der Waals surface area contributed by atoms with Gasteiger partial charge in [-0.1, -0.05) is 45.0 Å². The summed E-state index contributed by atoms with van der Waals surface area (Å²) >= 11 is 0. The van der Waals surface area contributed by atoms with Crippen molar-refractivity contribution in [2.75, 3.05) is 6.54 Å². The van der Waals surface area contributed by atoms with Crippen LogP contribution in [0.3, 0.4) is 0 Å². The van der Waals surface area contributed by atoms with Crippen LogP contribution in [0.1, 0.15) is 51.2 Å². The summed E-state index contributed by atoms with van der Waals surface area (Å²) in [6.45, 7) is 7.11. The van der Waals surface area contributed by atoms with Crippen LogP contribution in [-0.2, 0) is 21.4 Å². The van der Waals surface area contributed by atoms with Gasteiger partial charge in [-0.3, -0.25) is 9.59 Å². The Hall–Kier alpha value is -1.84. The molecule has 0 aliphatic carbocycles. The van der Waals surface area contributed by atoms with E-state index >= 15 is 0 Å². The van der Waals surface area contributed by atoms with Crippen LogP contribution in [0.15, 0.2) is 24.3 Å². The molecule has 0 spiro atoms. The summed E-state index contributed by atoms with van der Waals surface area (Å²) in [5.41, 5.74) is 2.64. The van der Waals surface area contributed by atoms with E-state index in [1.807, 2.05) is 0 Å². The molecule has 1 aliphatic rings. The monoisotopic (exact) mass is 302 g/mol. The molecule has 2 amide bonds. The number of hydrogen-bond acceptors (Lipinski definition) is 2. The maximum atomic E-state index is 11.9. The zero-order chi connectivity index (χ0) is 16.2. The second kappa shape index (κ2) is 6.95. The van der Waals surface area contributed by atoms with E-state index in [2.05, 4.69) is 55.7 Å². The minimum absolute atomic E-state index is 0.0426. The number of benzene rings is 1. The Labute approximate surface area is 132 Å². The van der Waals surface area contributed by atoms with Crippen LogP contribution in [0.2, 0.25) is 0 Å². The first-order chi connectivity index (χ1) is 10.3. The van der Waals surface area contributed by atoms with Crippen LogP contribution >= 0.6 is 0 Å². The van der Waals surface area contributed by atoms with Gasteiger partial charge in [-0.15, -0.1) is 0 Å². The van der Waals surface area contributed by atoms with Crippen molar-refractivity contribution in [3.05, 3.63) is 35.4 Å². The van der Waals surface area contributed by atoms with Crippen molar-refractivity contribution < 1.29 is 9.59 Å². The van der Waals surface area contributed by atoms with Crippen LogP contribution < -0.4 is 10.6 Å². The summed E-state index contributed by atoms with van der Waals surface area (Å²) in [6, 6.07) is 8.58. The Bertz CT molecular complexity index is 529. The number of nitrogens with one attached hydrogen (secondary N) is 2. The van der Waals surface area contributed by atoms with E-state index < -0.39 is 0 Å². The molecule has 2 N–H and O–H groups in total. The van der Waals surface area contributed by atoms with E-state index in [4.69, 9.17) is 0 Å². The van der Waals surface area contributed by atoms with Gasteiger partial charge in [-0.05, 0) is 29.4 Å². The molecule has 2 rings (SSSR count). The highest BCUT2D eigenvalue weighted by Gasteiger charge is 2.20. The highest BCUT2D eigenvalue weighted by Crippen LogP contribution is 2.22. The molecule has 1 heterocycles. The van der Waals surface area contributed by atoms with Crippen LogP contribution in [0, 0.1) is 0 Å². The van der Waals surface area contributed by atoms with Crippen molar-refractivity contribution in [1.29, 1.82) is 0 Å². The molecular weight excluding hydrogens is 276 g/mol. The topological polar surface area (TPSA) is 58.2 Å². The number of carbonyl (C=O) groups excluding carboxylic acids is 2. The molecule has 1 aromatic rings. The minimum Gasteiger partial charge on any atom is -0.354 e. The molecule has 1 atom stereocenters. The van der Waals surface area contributed by atoms with E-state index in [0.29, 0.717) is 19.4 Å². The fourth-order valence-corrected chi connectivity index (χ4v) is 2.59. The molecule has 1 saturated heterocycles. The quantitative estimate of drug-likeness (QED) is 0.877. The zero-order valence-corrected chi connectivity index (χ0v) is 13.7. The van der Waals surface area contributed by atoms with Gasteiger partial charge in [0.15, 0.2) is 0 Å². The molecule has 1 aromatic carbocycles. The van der Waals surface area contributed by atoms with Crippen molar-refractivity contribution in [3.63, 3.8) is 0 Å². The first-order valence-electron chi connectivity index (χ1n) is 8.00. The molecule has 4 heteroatoms. The minimum atomic E-state index is 0.0426. The predicted molar refractivity (Wildman–Crippen MR) is 87.6 cm³/mol. The third kappa shape index (κ3) is 4.86. The summed E-state index contributed by atoms with van der Waals surface area (Å²) < 4.78 is 0. The van der Waals surface area contributed by atoms with Gasteiger partial charge in [0.2, 0.25) is 11.8 Å². The Morgan fingerprint density at radius 3 is 2.50 bits per heavy atom. The lowest BCUT2D eigenvalue weighted by Gasteiger charge is -2.19. The van der Waals surface area contributed by atoms with E-state index in [0.717, 1.165) is 12.8 Å².